The van der Waals surface area contributed by atoms with E-state index in [9.17, 15) is 4.39 Å². The molecule has 0 fully saturated rings. The monoisotopic (exact) mass is 318 g/mol. The fraction of sp³-hybridized carbons (Fsp3) is 0.538. The lowest BCUT2D eigenvalue weighted by molar-refractivity contribution is 0.255. The third-order valence-corrected chi connectivity index (χ3v) is 3.47. The fourth-order valence-electron chi connectivity index (χ4n) is 1.91. The lowest BCUT2D eigenvalue weighted by Gasteiger charge is -2.24. The highest BCUT2D eigenvalue weighted by molar-refractivity contribution is 9.10. The molecule has 0 spiro atoms. The Morgan fingerprint density at radius 1 is 1.50 bits per heavy atom. The SMILES string of the molecule is CCC(CCO)NC(CN)c1cc(Br)ccc1F. The smallest absolute Gasteiger partial charge is 0.128 e. The lowest BCUT2D eigenvalue weighted by Crippen LogP contribution is -2.37. The topological polar surface area (TPSA) is 58.3 Å². The van der Waals surface area contributed by atoms with Gasteiger partial charge in [0.1, 0.15) is 5.82 Å². The van der Waals surface area contributed by atoms with Gasteiger partial charge in [0, 0.05) is 35.3 Å². The van der Waals surface area contributed by atoms with Gasteiger partial charge in [-0.25, -0.2) is 4.39 Å². The van der Waals surface area contributed by atoms with Gasteiger partial charge in [0.05, 0.1) is 0 Å². The summed E-state index contributed by atoms with van der Waals surface area (Å²) in [6, 6.07) is 4.74. The van der Waals surface area contributed by atoms with Gasteiger partial charge in [0.2, 0.25) is 0 Å². The summed E-state index contributed by atoms with van der Waals surface area (Å²) < 4.78 is 14.6. The number of aliphatic hydroxyl groups excluding tert-OH is 1. The van der Waals surface area contributed by atoms with Crippen molar-refractivity contribution in [2.24, 2.45) is 5.73 Å². The van der Waals surface area contributed by atoms with Crippen molar-refractivity contribution < 1.29 is 9.50 Å². The van der Waals surface area contributed by atoms with Gasteiger partial charge in [-0.3, -0.25) is 0 Å². The molecule has 0 radical (unpaired) electrons. The van der Waals surface area contributed by atoms with Crippen molar-refractivity contribution in [2.75, 3.05) is 13.2 Å². The van der Waals surface area contributed by atoms with Gasteiger partial charge in [-0.05, 0) is 31.0 Å². The Hall–Kier alpha value is -0.490. The molecule has 0 aliphatic rings. The zero-order chi connectivity index (χ0) is 13.5. The van der Waals surface area contributed by atoms with E-state index in [0.717, 1.165) is 10.9 Å². The van der Waals surface area contributed by atoms with E-state index in [2.05, 4.69) is 21.2 Å². The van der Waals surface area contributed by atoms with Crippen molar-refractivity contribution >= 4 is 15.9 Å². The Balaban J connectivity index is 2.84. The first kappa shape index (κ1) is 15.6. The lowest BCUT2D eigenvalue weighted by atomic mass is 10.0. The van der Waals surface area contributed by atoms with E-state index in [1.165, 1.54) is 6.07 Å². The number of rotatable bonds is 7. The quantitative estimate of drug-likeness (QED) is 0.723. The van der Waals surface area contributed by atoms with Crippen molar-refractivity contribution in [3.8, 4) is 0 Å². The zero-order valence-electron chi connectivity index (χ0n) is 10.5. The first-order chi connectivity index (χ1) is 8.62. The van der Waals surface area contributed by atoms with Crippen LogP contribution < -0.4 is 11.1 Å². The maximum atomic E-state index is 13.8. The van der Waals surface area contributed by atoms with Gasteiger partial charge in [-0.2, -0.15) is 0 Å². The molecule has 0 heterocycles. The van der Waals surface area contributed by atoms with Gasteiger partial charge in [-0.1, -0.05) is 22.9 Å². The Morgan fingerprint density at radius 3 is 2.78 bits per heavy atom. The molecular weight excluding hydrogens is 299 g/mol. The van der Waals surface area contributed by atoms with Crippen molar-refractivity contribution in [3.05, 3.63) is 34.1 Å². The molecule has 0 amide bonds. The minimum absolute atomic E-state index is 0.115. The standard InChI is InChI=1S/C13H20BrFN2O/c1-2-10(5-6-18)17-13(8-16)11-7-9(14)3-4-12(11)15/h3-4,7,10,13,17-18H,2,5-6,8,16H2,1H3. The molecule has 0 aliphatic carbocycles. The molecule has 102 valence electrons. The van der Waals surface area contributed by atoms with Crippen molar-refractivity contribution in [3.63, 3.8) is 0 Å². The van der Waals surface area contributed by atoms with E-state index in [4.69, 9.17) is 10.8 Å². The number of hydrogen-bond acceptors (Lipinski definition) is 3. The van der Waals surface area contributed by atoms with Crippen molar-refractivity contribution in [1.82, 2.24) is 5.32 Å². The van der Waals surface area contributed by atoms with Gasteiger partial charge in [0.15, 0.2) is 0 Å². The summed E-state index contributed by atoms with van der Waals surface area (Å²) in [7, 11) is 0. The third kappa shape index (κ3) is 4.31. The maximum absolute atomic E-state index is 13.8. The molecule has 0 saturated carbocycles. The van der Waals surface area contributed by atoms with Crippen molar-refractivity contribution in [2.45, 2.75) is 31.8 Å². The summed E-state index contributed by atoms with van der Waals surface area (Å²) in [4.78, 5) is 0. The van der Waals surface area contributed by atoms with E-state index < -0.39 is 0 Å². The van der Waals surface area contributed by atoms with Crippen LogP contribution >= 0.6 is 15.9 Å². The molecule has 5 heteroatoms. The molecule has 2 atom stereocenters. The molecule has 1 aromatic rings. The molecule has 3 nitrogen and oxygen atoms in total. The summed E-state index contributed by atoms with van der Waals surface area (Å²) in [6.45, 7) is 2.46. The summed E-state index contributed by atoms with van der Waals surface area (Å²) >= 11 is 3.33. The van der Waals surface area contributed by atoms with Gasteiger partial charge in [-0.15, -0.1) is 0 Å². The number of hydrogen-bond donors (Lipinski definition) is 3. The van der Waals surface area contributed by atoms with Gasteiger partial charge in [0.25, 0.3) is 0 Å². The number of benzene rings is 1. The minimum Gasteiger partial charge on any atom is -0.396 e. The first-order valence-corrected chi connectivity index (χ1v) is 6.93. The van der Waals surface area contributed by atoms with Crippen LogP contribution in [0.4, 0.5) is 4.39 Å². The second kappa shape index (κ2) is 7.84. The van der Waals surface area contributed by atoms with Crippen LogP contribution in [0.15, 0.2) is 22.7 Å². The number of nitrogens with two attached hydrogens (primary N) is 1. The van der Waals surface area contributed by atoms with Crippen LogP contribution in [0.5, 0.6) is 0 Å². The van der Waals surface area contributed by atoms with Crippen LogP contribution in [0.1, 0.15) is 31.4 Å². The maximum Gasteiger partial charge on any atom is 0.128 e. The number of aliphatic hydroxyl groups is 1. The number of nitrogens with one attached hydrogen (secondary N) is 1. The molecule has 0 saturated heterocycles. The molecule has 0 bridgehead atoms. The van der Waals surface area contributed by atoms with E-state index in [-0.39, 0.29) is 24.5 Å². The number of halogens is 2. The molecule has 0 aromatic heterocycles. The third-order valence-electron chi connectivity index (χ3n) is 2.98. The molecular formula is C13H20BrFN2O. The normalized spacial score (nSPS) is 14.5. The molecule has 18 heavy (non-hydrogen) atoms. The highest BCUT2D eigenvalue weighted by Crippen LogP contribution is 2.22. The average Bonchev–Trinajstić information content (AvgIpc) is 2.37. The van der Waals surface area contributed by atoms with Crippen LogP contribution in [0.2, 0.25) is 0 Å². The largest absolute Gasteiger partial charge is 0.396 e. The Morgan fingerprint density at radius 2 is 2.22 bits per heavy atom. The summed E-state index contributed by atoms with van der Waals surface area (Å²) in [5, 5.41) is 12.3. The highest BCUT2D eigenvalue weighted by atomic mass is 79.9. The van der Waals surface area contributed by atoms with Crippen LogP contribution in [0.25, 0.3) is 0 Å². The summed E-state index contributed by atoms with van der Waals surface area (Å²) in [6.07, 6.45) is 1.51. The van der Waals surface area contributed by atoms with Crippen LogP contribution in [-0.4, -0.2) is 24.3 Å². The zero-order valence-corrected chi connectivity index (χ0v) is 12.1. The van der Waals surface area contributed by atoms with Crippen molar-refractivity contribution in [1.29, 1.82) is 0 Å². The van der Waals surface area contributed by atoms with E-state index >= 15 is 0 Å². The molecule has 1 aromatic carbocycles. The Bertz CT molecular complexity index is 376. The Kier molecular flexibility index (Phi) is 6.78. The highest BCUT2D eigenvalue weighted by Gasteiger charge is 2.17. The second-order valence-corrected chi connectivity index (χ2v) is 5.15. The molecule has 2 unspecified atom stereocenters. The molecule has 4 N–H and O–H groups in total. The second-order valence-electron chi connectivity index (χ2n) is 4.24. The van der Waals surface area contributed by atoms with E-state index in [1.807, 2.05) is 6.92 Å². The summed E-state index contributed by atoms with van der Waals surface area (Å²) in [5.41, 5.74) is 6.27. The van der Waals surface area contributed by atoms with E-state index in [1.54, 1.807) is 12.1 Å². The minimum atomic E-state index is -0.264. The summed E-state index contributed by atoms with van der Waals surface area (Å²) in [5.74, 6) is -0.264. The van der Waals surface area contributed by atoms with E-state index in [0.29, 0.717) is 18.5 Å². The van der Waals surface area contributed by atoms with Gasteiger partial charge < -0.3 is 16.2 Å². The predicted molar refractivity (Wildman–Crippen MR) is 74.8 cm³/mol. The average molecular weight is 319 g/mol. The predicted octanol–water partition coefficient (Wildman–Crippen LogP) is 2.34. The molecule has 0 aliphatic heterocycles. The fourth-order valence-corrected chi connectivity index (χ4v) is 2.29. The van der Waals surface area contributed by atoms with Crippen LogP contribution in [0.3, 0.4) is 0 Å². The van der Waals surface area contributed by atoms with Crippen LogP contribution in [-0.2, 0) is 0 Å². The Labute approximate surface area is 116 Å². The van der Waals surface area contributed by atoms with Gasteiger partial charge >= 0.3 is 0 Å². The van der Waals surface area contributed by atoms with Crippen LogP contribution in [0, 0.1) is 5.82 Å². The molecule has 1 rings (SSSR count). The first-order valence-electron chi connectivity index (χ1n) is 6.14.